The Labute approximate surface area is 132 Å². The van der Waals surface area contributed by atoms with Crippen LogP contribution in [0.15, 0.2) is 75.9 Å². The first kappa shape index (κ1) is 19.4. The quantitative estimate of drug-likeness (QED) is 0.303. The van der Waals surface area contributed by atoms with E-state index >= 15 is 0 Å². The molecule has 0 saturated heterocycles. The van der Waals surface area contributed by atoms with Gasteiger partial charge in [-0.15, -0.1) is 26.3 Å². The van der Waals surface area contributed by atoms with Crippen molar-refractivity contribution >= 4 is 0 Å². The van der Waals surface area contributed by atoms with Crippen LogP contribution in [0.4, 0.5) is 0 Å². The predicted molar refractivity (Wildman–Crippen MR) is 97.2 cm³/mol. The predicted octanol–water partition coefficient (Wildman–Crippen LogP) is 5.22. The summed E-state index contributed by atoms with van der Waals surface area (Å²) in [5.41, 5.74) is 0.0106. The number of hydrogen-bond acceptors (Lipinski definition) is 0. The number of rotatable bonds is 14. The summed E-state index contributed by atoms with van der Waals surface area (Å²) in [5.74, 6) is 0. The van der Waals surface area contributed by atoms with Gasteiger partial charge in [-0.1, -0.05) is 37.5 Å². The standard InChI is InChI=1S/C20H32N/c1-7-13-19-21(17-11-5,18-12-6)20(14-8-2,15-9-3)16-10-4/h7-12H,1-6,13-19H2/q+1. The van der Waals surface area contributed by atoms with E-state index in [0.29, 0.717) is 0 Å². The minimum atomic E-state index is 0.0106. The first-order chi connectivity index (χ1) is 10.1. The van der Waals surface area contributed by atoms with Crippen LogP contribution in [-0.4, -0.2) is 29.7 Å². The lowest BCUT2D eigenvalue weighted by Gasteiger charge is -2.52. The fourth-order valence-electron chi connectivity index (χ4n) is 3.35. The van der Waals surface area contributed by atoms with E-state index in [9.17, 15) is 0 Å². The number of hydrogen-bond donors (Lipinski definition) is 0. The van der Waals surface area contributed by atoms with Crippen molar-refractivity contribution in [1.29, 1.82) is 0 Å². The minimum Gasteiger partial charge on any atom is -0.311 e. The van der Waals surface area contributed by atoms with Crippen molar-refractivity contribution in [2.24, 2.45) is 0 Å². The van der Waals surface area contributed by atoms with Crippen LogP contribution in [0.25, 0.3) is 0 Å². The van der Waals surface area contributed by atoms with E-state index in [1.807, 2.05) is 36.5 Å². The Hall–Kier alpha value is -1.60. The first-order valence-corrected chi connectivity index (χ1v) is 7.63. The van der Waals surface area contributed by atoms with Gasteiger partial charge in [0.15, 0.2) is 0 Å². The van der Waals surface area contributed by atoms with E-state index in [0.717, 1.165) is 49.8 Å². The van der Waals surface area contributed by atoms with Crippen LogP contribution in [0.2, 0.25) is 0 Å². The molecule has 21 heavy (non-hydrogen) atoms. The normalized spacial score (nSPS) is 11.4. The Morgan fingerprint density at radius 3 is 1.33 bits per heavy atom. The van der Waals surface area contributed by atoms with Crippen molar-refractivity contribution in [3.63, 3.8) is 0 Å². The molecule has 0 spiro atoms. The second kappa shape index (κ2) is 10.2. The fraction of sp³-hybridized carbons (Fsp3) is 0.400. The maximum absolute atomic E-state index is 3.98. The summed E-state index contributed by atoms with van der Waals surface area (Å²) >= 11 is 0. The van der Waals surface area contributed by atoms with Gasteiger partial charge < -0.3 is 4.48 Å². The molecule has 0 aliphatic rings. The summed E-state index contributed by atoms with van der Waals surface area (Å²) in [7, 11) is 0. The third kappa shape index (κ3) is 4.71. The molecular weight excluding hydrogens is 254 g/mol. The molecule has 0 aromatic heterocycles. The SMILES string of the molecule is C=CCC[N+](CC=C)(CC=C)C(CC=C)(CC=C)CC=C. The molecule has 0 N–H and O–H groups in total. The van der Waals surface area contributed by atoms with Crippen LogP contribution in [-0.2, 0) is 0 Å². The van der Waals surface area contributed by atoms with E-state index in [4.69, 9.17) is 0 Å². The highest BCUT2D eigenvalue weighted by atomic mass is 15.4. The first-order valence-electron chi connectivity index (χ1n) is 7.63. The average Bonchev–Trinajstić information content (AvgIpc) is 2.46. The topological polar surface area (TPSA) is 0 Å². The molecule has 0 saturated carbocycles. The van der Waals surface area contributed by atoms with E-state index < -0.39 is 0 Å². The Morgan fingerprint density at radius 2 is 1.05 bits per heavy atom. The molecule has 0 aliphatic carbocycles. The van der Waals surface area contributed by atoms with Crippen molar-refractivity contribution in [3.05, 3.63) is 75.9 Å². The summed E-state index contributed by atoms with van der Waals surface area (Å²) in [4.78, 5) is 0. The van der Waals surface area contributed by atoms with Crippen LogP contribution in [0, 0.1) is 0 Å². The van der Waals surface area contributed by atoms with Gasteiger partial charge in [0.25, 0.3) is 0 Å². The molecule has 0 amide bonds. The molecular formula is C20H32N+. The highest BCUT2D eigenvalue weighted by Crippen LogP contribution is 2.37. The van der Waals surface area contributed by atoms with E-state index in [2.05, 4.69) is 39.5 Å². The molecule has 0 aromatic rings. The lowest BCUT2D eigenvalue weighted by molar-refractivity contribution is -0.966. The maximum atomic E-state index is 3.98. The Kier molecular flexibility index (Phi) is 9.40. The Bertz CT molecular complexity index is 339. The highest BCUT2D eigenvalue weighted by Gasteiger charge is 2.46. The summed E-state index contributed by atoms with van der Waals surface area (Å²) in [6.45, 7) is 26.6. The minimum absolute atomic E-state index is 0.0106. The van der Waals surface area contributed by atoms with Gasteiger partial charge in [-0.3, -0.25) is 0 Å². The van der Waals surface area contributed by atoms with Gasteiger partial charge in [-0.25, -0.2) is 0 Å². The highest BCUT2D eigenvalue weighted by molar-refractivity contribution is 5.00. The second-order valence-corrected chi connectivity index (χ2v) is 5.59. The van der Waals surface area contributed by atoms with Gasteiger partial charge in [0, 0.05) is 25.7 Å². The molecule has 0 bridgehead atoms. The maximum Gasteiger partial charge on any atom is 0.110 e. The van der Waals surface area contributed by atoms with Crippen molar-refractivity contribution in [2.75, 3.05) is 19.6 Å². The fourth-order valence-corrected chi connectivity index (χ4v) is 3.35. The molecule has 0 aromatic carbocycles. The second-order valence-electron chi connectivity index (χ2n) is 5.59. The molecule has 0 unspecified atom stereocenters. The largest absolute Gasteiger partial charge is 0.311 e. The van der Waals surface area contributed by atoms with Gasteiger partial charge in [-0.05, 0) is 12.2 Å². The van der Waals surface area contributed by atoms with Gasteiger partial charge in [0.1, 0.15) is 5.54 Å². The van der Waals surface area contributed by atoms with Crippen molar-refractivity contribution < 1.29 is 4.48 Å². The summed E-state index contributed by atoms with van der Waals surface area (Å²) in [6.07, 6.45) is 15.8. The lowest BCUT2D eigenvalue weighted by atomic mass is 9.82. The van der Waals surface area contributed by atoms with Crippen molar-refractivity contribution in [1.82, 2.24) is 0 Å². The van der Waals surface area contributed by atoms with Crippen LogP contribution in [0.1, 0.15) is 25.7 Å². The molecule has 0 heterocycles. The van der Waals surface area contributed by atoms with Gasteiger partial charge in [0.05, 0.1) is 19.6 Å². The molecule has 0 radical (unpaired) electrons. The molecule has 0 atom stereocenters. The van der Waals surface area contributed by atoms with E-state index in [1.54, 1.807) is 0 Å². The molecule has 1 nitrogen and oxygen atoms in total. The van der Waals surface area contributed by atoms with Crippen LogP contribution < -0.4 is 0 Å². The van der Waals surface area contributed by atoms with Crippen molar-refractivity contribution in [3.8, 4) is 0 Å². The summed E-state index contributed by atoms with van der Waals surface area (Å²) in [6, 6.07) is 0. The number of quaternary nitrogens is 1. The number of nitrogens with zero attached hydrogens (tertiary/aromatic N) is 1. The molecule has 0 aliphatic heterocycles. The lowest BCUT2D eigenvalue weighted by Crippen LogP contribution is -2.64. The van der Waals surface area contributed by atoms with Crippen LogP contribution >= 0.6 is 0 Å². The zero-order chi connectivity index (χ0) is 16.2. The smallest absolute Gasteiger partial charge is 0.110 e. The van der Waals surface area contributed by atoms with Gasteiger partial charge in [0.2, 0.25) is 0 Å². The molecule has 1 heteroatoms. The third-order valence-electron chi connectivity index (χ3n) is 4.30. The van der Waals surface area contributed by atoms with E-state index in [-0.39, 0.29) is 5.54 Å². The van der Waals surface area contributed by atoms with E-state index in [1.165, 1.54) is 0 Å². The van der Waals surface area contributed by atoms with Crippen LogP contribution in [0.5, 0.6) is 0 Å². The summed E-state index contributed by atoms with van der Waals surface area (Å²) < 4.78 is 0.899. The molecule has 0 rings (SSSR count). The summed E-state index contributed by atoms with van der Waals surface area (Å²) in [5, 5.41) is 0. The molecule has 116 valence electrons. The Balaban J connectivity index is 5.98. The van der Waals surface area contributed by atoms with Crippen molar-refractivity contribution in [2.45, 2.75) is 31.2 Å². The third-order valence-corrected chi connectivity index (χ3v) is 4.30. The molecule has 0 fully saturated rings. The monoisotopic (exact) mass is 286 g/mol. The van der Waals surface area contributed by atoms with Gasteiger partial charge in [-0.2, -0.15) is 0 Å². The zero-order valence-electron chi connectivity index (χ0n) is 13.6. The Morgan fingerprint density at radius 1 is 0.619 bits per heavy atom. The zero-order valence-corrected chi connectivity index (χ0v) is 13.6. The average molecular weight is 286 g/mol. The van der Waals surface area contributed by atoms with Crippen LogP contribution in [0.3, 0.4) is 0 Å². The van der Waals surface area contributed by atoms with Gasteiger partial charge >= 0.3 is 0 Å².